The molecule has 0 saturated carbocycles. The van der Waals surface area contributed by atoms with E-state index in [1.54, 1.807) is 12.1 Å². The number of Topliss-reactive ketones (excluding diaryl/α,β-unsaturated/α-hetero) is 1. The summed E-state index contributed by atoms with van der Waals surface area (Å²) in [6.45, 7) is 2.32. The topological polar surface area (TPSA) is 82.6 Å². The Bertz CT molecular complexity index is 1160. The van der Waals surface area contributed by atoms with Crippen molar-refractivity contribution >= 4 is 5.78 Å². The Kier molecular flexibility index (Phi) is 5.71. The predicted molar refractivity (Wildman–Crippen MR) is 121 cm³/mol. The zero-order chi connectivity index (χ0) is 22.9. The number of ether oxygens (including phenoxy) is 1. The normalized spacial score (nSPS) is 24.0. The summed E-state index contributed by atoms with van der Waals surface area (Å²) in [7, 11) is 0. The van der Waals surface area contributed by atoms with Gasteiger partial charge in [-0.1, -0.05) is 42.5 Å². The molecule has 3 aliphatic rings. The minimum absolute atomic E-state index is 0.00191. The van der Waals surface area contributed by atoms with E-state index in [-0.39, 0.29) is 17.5 Å². The number of rotatable bonds is 3. The van der Waals surface area contributed by atoms with Crippen molar-refractivity contribution in [1.82, 2.24) is 10.0 Å². The molecule has 168 valence electrons. The van der Waals surface area contributed by atoms with Crippen molar-refractivity contribution in [3.05, 3.63) is 94.2 Å². The van der Waals surface area contributed by atoms with Crippen LogP contribution in [0, 0.1) is 17.1 Å². The van der Waals surface area contributed by atoms with Crippen molar-refractivity contribution in [2.24, 2.45) is 5.73 Å². The average Bonchev–Trinajstić information content (AvgIpc) is 2.85. The van der Waals surface area contributed by atoms with Crippen molar-refractivity contribution in [3.63, 3.8) is 0 Å². The maximum absolute atomic E-state index is 13.7. The van der Waals surface area contributed by atoms with E-state index < -0.39 is 5.92 Å². The van der Waals surface area contributed by atoms with Crippen molar-refractivity contribution in [3.8, 4) is 6.07 Å². The van der Waals surface area contributed by atoms with E-state index in [0.717, 1.165) is 11.3 Å². The van der Waals surface area contributed by atoms with E-state index in [4.69, 9.17) is 10.5 Å². The summed E-state index contributed by atoms with van der Waals surface area (Å²) in [6, 6.07) is 18.3. The van der Waals surface area contributed by atoms with Crippen molar-refractivity contribution in [1.29, 1.82) is 5.26 Å². The van der Waals surface area contributed by atoms with Gasteiger partial charge in [0.15, 0.2) is 5.78 Å². The molecule has 1 aliphatic carbocycles. The maximum Gasteiger partial charge on any atom is 0.162 e. The van der Waals surface area contributed by atoms with Crippen LogP contribution in [0.25, 0.3) is 0 Å². The number of hydrogen-bond acceptors (Lipinski definition) is 6. The van der Waals surface area contributed by atoms with Gasteiger partial charge < -0.3 is 10.5 Å². The minimum atomic E-state index is -0.605. The lowest BCUT2D eigenvalue weighted by Gasteiger charge is -2.47. The number of morpholine rings is 1. The molecule has 2 atom stereocenters. The number of hydrogen-bond donors (Lipinski definition) is 1. The van der Waals surface area contributed by atoms with E-state index in [2.05, 4.69) is 11.1 Å². The Morgan fingerprint density at radius 2 is 1.70 bits per heavy atom. The van der Waals surface area contributed by atoms with Gasteiger partial charge in [-0.15, -0.1) is 0 Å². The summed E-state index contributed by atoms with van der Waals surface area (Å²) in [4.78, 5) is 13.7. The quantitative estimate of drug-likeness (QED) is 0.780. The highest BCUT2D eigenvalue weighted by Gasteiger charge is 2.44. The van der Waals surface area contributed by atoms with Crippen LogP contribution in [0.4, 0.5) is 4.39 Å². The summed E-state index contributed by atoms with van der Waals surface area (Å²) in [5, 5.41) is 14.0. The van der Waals surface area contributed by atoms with Crippen LogP contribution in [0.1, 0.15) is 35.8 Å². The SMILES string of the molecule is N#CC1=C(N)N(N2CCOCC2)C2=C(C(=O)C[C@H](c3ccccc3)C2)[C@@H]1c1ccc(F)cc1. The second kappa shape index (κ2) is 8.81. The van der Waals surface area contributed by atoms with Crippen molar-refractivity contribution in [2.45, 2.75) is 24.7 Å². The van der Waals surface area contributed by atoms with Gasteiger partial charge in [-0.3, -0.25) is 9.80 Å². The summed E-state index contributed by atoms with van der Waals surface area (Å²) in [5.74, 6) is -0.626. The number of hydrazine groups is 1. The molecule has 1 fully saturated rings. The first-order valence-electron chi connectivity index (χ1n) is 11.2. The summed E-state index contributed by atoms with van der Waals surface area (Å²) >= 11 is 0. The van der Waals surface area contributed by atoms with E-state index >= 15 is 0 Å². The zero-order valence-corrected chi connectivity index (χ0v) is 18.2. The van der Waals surface area contributed by atoms with E-state index in [9.17, 15) is 14.4 Å². The second-order valence-corrected chi connectivity index (χ2v) is 8.57. The van der Waals surface area contributed by atoms with Gasteiger partial charge in [0.25, 0.3) is 0 Å². The van der Waals surface area contributed by atoms with Crippen LogP contribution < -0.4 is 5.73 Å². The monoisotopic (exact) mass is 444 g/mol. The van der Waals surface area contributed by atoms with Gasteiger partial charge in [0.1, 0.15) is 11.6 Å². The minimum Gasteiger partial charge on any atom is -0.383 e. The molecule has 2 N–H and O–H groups in total. The van der Waals surface area contributed by atoms with Crippen LogP contribution in [-0.2, 0) is 9.53 Å². The van der Waals surface area contributed by atoms with Gasteiger partial charge in [0.2, 0.25) is 0 Å². The highest BCUT2D eigenvalue weighted by molar-refractivity contribution is 6.00. The molecule has 1 saturated heterocycles. The molecule has 2 aromatic rings. The summed E-state index contributed by atoms with van der Waals surface area (Å²) < 4.78 is 19.2. The Balaban J connectivity index is 1.66. The Labute approximate surface area is 192 Å². The maximum atomic E-state index is 13.7. The third kappa shape index (κ3) is 3.82. The molecule has 33 heavy (non-hydrogen) atoms. The first kappa shape index (κ1) is 21.4. The number of carbonyl (C=O) groups is 1. The molecule has 7 heteroatoms. The number of allylic oxidation sites excluding steroid dienone is 3. The first-order valence-corrected chi connectivity index (χ1v) is 11.2. The van der Waals surface area contributed by atoms with Gasteiger partial charge in [0.05, 0.1) is 30.8 Å². The fraction of sp³-hybridized carbons (Fsp3) is 0.308. The standard InChI is InChI=1S/C26H25FN4O2/c27-20-8-6-18(7-9-20)24-21(16-28)26(29)31(30-10-12-33-13-11-30)22-14-19(15-23(32)25(22)24)17-4-2-1-3-5-17/h1-9,19,24H,10-15,29H2/t19-,24-/m1/s1. The Hall–Kier alpha value is -3.47. The van der Waals surface area contributed by atoms with Crippen LogP contribution in [-0.4, -0.2) is 42.1 Å². The molecular formula is C26H25FN4O2. The van der Waals surface area contributed by atoms with Crippen LogP contribution >= 0.6 is 0 Å². The molecule has 0 unspecified atom stereocenters. The van der Waals surface area contributed by atoms with Gasteiger partial charge in [0, 0.05) is 30.8 Å². The van der Waals surface area contributed by atoms with E-state index in [1.165, 1.54) is 12.1 Å². The fourth-order valence-corrected chi connectivity index (χ4v) is 5.14. The highest BCUT2D eigenvalue weighted by Crippen LogP contribution is 2.48. The van der Waals surface area contributed by atoms with E-state index in [0.29, 0.717) is 61.7 Å². The molecule has 6 nitrogen and oxygen atoms in total. The molecule has 0 radical (unpaired) electrons. The van der Waals surface area contributed by atoms with E-state index in [1.807, 2.05) is 35.3 Å². The Morgan fingerprint density at radius 3 is 2.36 bits per heavy atom. The lowest BCUT2D eigenvalue weighted by Crippen LogP contribution is -2.52. The molecule has 2 aliphatic heterocycles. The molecule has 0 amide bonds. The predicted octanol–water partition coefficient (Wildman–Crippen LogP) is 3.57. The molecular weight excluding hydrogens is 419 g/mol. The third-order valence-corrected chi connectivity index (χ3v) is 6.69. The molecule has 2 aromatic carbocycles. The van der Waals surface area contributed by atoms with Crippen LogP contribution in [0.15, 0.2) is 77.3 Å². The molecule has 0 spiro atoms. The van der Waals surface area contributed by atoms with Crippen molar-refractivity contribution in [2.75, 3.05) is 26.3 Å². The summed E-state index contributed by atoms with van der Waals surface area (Å²) in [6.07, 6.45) is 0.982. The van der Waals surface area contributed by atoms with Gasteiger partial charge in [-0.05, 0) is 35.6 Å². The summed E-state index contributed by atoms with van der Waals surface area (Å²) in [5.41, 5.74) is 10.2. The zero-order valence-electron chi connectivity index (χ0n) is 18.2. The molecule has 2 heterocycles. The Morgan fingerprint density at radius 1 is 1.00 bits per heavy atom. The number of ketones is 1. The number of benzene rings is 2. The number of nitrogens with zero attached hydrogens (tertiary/aromatic N) is 3. The number of carbonyl (C=O) groups excluding carboxylic acids is 1. The highest BCUT2D eigenvalue weighted by atomic mass is 19.1. The second-order valence-electron chi connectivity index (χ2n) is 8.57. The molecule has 0 aromatic heterocycles. The number of nitrogens with two attached hydrogens (primary N) is 1. The lowest BCUT2D eigenvalue weighted by molar-refractivity contribution is -0.117. The molecule has 0 bridgehead atoms. The fourth-order valence-electron chi connectivity index (χ4n) is 5.14. The van der Waals surface area contributed by atoms with Gasteiger partial charge in [-0.25, -0.2) is 9.40 Å². The molecule has 5 rings (SSSR count). The van der Waals surface area contributed by atoms with Gasteiger partial charge >= 0.3 is 0 Å². The number of halogens is 1. The average molecular weight is 445 g/mol. The first-order chi connectivity index (χ1) is 16.1. The lowest BCUT2D eigenvalue weighted by atomic mass is 9.72. The number of nitriles is 1. The van der Waals surface area contributed by atoms with Crippen molar-refractivity contribution < 1.29 is 13.9 Å². The van der Waals surface area contributed by atoms with Crippen LogP contribution in [0.5, 0.6) is 0 Å². The van der Waals surface area contributed by atoms with Crippen LogP contribution in [0.2, 0.25) is 0 Å². The third-order valence-electron chi connectivity index (χ3n) is 6.69. The van der Waals surface area contributed by atoms with Crippen LogP contribution in [0.3, 0.4) is 0 Å². The smallest absolute Gasteiger partial charge is 0.162 e. The largest absolute Gasteiger partial charge is 0.383 e. The van der Waals surface area contributed by atoms with Gasteiger partial charge in [-0.2, -0.15) is 5.26 Å².